The second-order valence-electron chi connectivity index (χ2n) is 4.54. The minimum atomic E-state index is 0.472. The van der Waals surface area contributed by atoms with Crippen molar-refractivity contribution in [3.05, 3.63) is 30.1 Å². The highest BCUT2D eigenvalue weighted by Crippen LogP contribution is 2.52. The summed E-state index contributed by atoms with van der Waals surface area (Å²) >= 11 is 0. The SMILES string of the molecule is c1cc(C2(C3CCCN3)CC2)ccn1. The van der Waals surface area contributed by atoms with E-state index >= 15 is 0 Å². The van der Waals surface area contributed by atoms with Crippen LogP contribution in [0, 0.1) is 0 Å². The fourth-order valence-corrected chi connectivity index (χ4v) is 2.81. The Morgan fingerprint density at radius 3 is 2.64 bits per heavy atom. The van der Waals surface area contributed by atoms with Gasteiger partial charge in [0.2, 0.25) is 0 Å². The summed E-state index contributed by atoms with van der Waals surface area (Å²) in [6, 6.07) is 5.10. The van der Waals surface area contributed by atoms with Crippen LogP contribution in [0.3, 0.4) is 0 Å². The molecular weight excluding hydrogens is 172 g/mol. The highest BCUT2D eigenvalue weighted by molar-refractivity contribution is 5.32. The monoisotopic (exact) mass is 188 g/mol. The third-order valence-corrected chi connectivity index (χ3v) is 3.77. The van der Waals surface area contributed by atoms with E-state index < -0.39 is 0 Å². The average Bonchev–Trinajstić information content (AvgIpc) is 2.88. The fourth-order valence-electron chi connectivity index (χ4n) is 2.81. The normalized spacial score (nSPS) is 29.0. The second kappa shape index (κ2) is 3.06. The van der Waals surface area contributed by atoms with Crippen molar-refractivity contribution in [1.82, 2.24) is 10.3 Å². The third kappa shape index (κ3) is 1.17. The van der Waals surface area contributed by atoms with E-state index in [0.29, 0.717) is 5.41 Å². The Morgan fingerprint density at radius 1 is 1.29 bits per heavy atom. The maximum atomic E-state index is 4.09. The molecule has 1 atom stereocenters. The molecule has 0 bridgehead atoms. The van der Waals surface area contributed by atoms with E-state index in [4.69, 9.17) is 0 Å². The Labute approximate surface area is 84.7 Å². The molecule has 1 aliphatic carbocycles. The zero-order valence-electron chi connectivity index (χ0n) is 8.37. The van der Waals surface area contributed by atoms with Gasteiger partial charge in [-0.15, -0.1) is 0 Å². The Kier molecular flexibility index (Phi) is 1.84. The van der Waals surface area contributed by atoms with Gasteiger partial charge in [-0.1, -0.05) is 0 Å². The molecule has 14 heavy (non-hydrogen) atoms. The van der Waals surface area contributed by atoms with Gasteiger partial charge in [0.1, 0.15) is 0 Å². The van der Waals surface area contributed by atoms with Gasteiger partial charge in [0.05, 0.1) is 0 Å². The van der Waals surface area contributed by atoms with Crippen LogP contribution in [0.15, 0.2) is 24.5 Å². The van der Waals surface area contributed by atoms with Crippen molar-refractivity contribution < 1.29 is 0 Å². The summed E-state index contributed by atoms with van der Waals surface area (Å²) in [6.45, 7) is 1.21. The Hall–Kier alpha value is -0.890. The predicted octanol–water partition coefficient (Wildman–Crippen LogP) is 1.87. The van der Waals surface area contributed by atoms with Crippen LogP contribution in [-0.4, -0.2) is 17.6 Å². The molecule has 0 spiro atoms. The summed E-state index contributed by atoms with van der Waals surface area (Å²) < 4.78 is 0. The molecular formula is C12H16N2. The molecule has 2 heterocycles. The van der Waals surface area contributed by atoms with Crippen LogP contribution >= 0.6 is 0 Å². The van der Waals surface area contributed by atoms with Gasteiger partial charge in [-0.3, -0.25) is 4.98 Å². The van der Waals surface area contributed by atoms with Gasteiger partial charge < -0.3 is 5.32 Å². The molecule has 2 nitrogen and oxygen atoms in total. The van der Waals surface area contributed by atoms with Crippen molar-refractivity contribution in [2.24, 2.45) is 0 Å². The largest absolute Gasteiger partial charge is 0.313 e. The van der Waals surface area contributed by atoms with E-state index in [-0.39, 0.29) is 0 Å². The molecule has 1 saturated heterocycles. The minimum absolute atomic E-state index is 0.472. The molecule has 0 aromatic carbocycles. The predicted molar refractivity (Wildman–Crippen MR) is 56.2 cm³/mol. The van der Waals surface area contributed by atoms with Gasteiger partial charge in [-0.05, 0) is 49.9 Å². The molecule has 1 aromatic rings. The van der Waals surface area contributed by atoms with Gasteiger partial charge in [0.15, 0.2) is 0 Å². The van der Waals surface area contributed by atoms with E-state index in [1.54, 1.807) is 0 Å². The lowest BCUT2D eigenvalue weighted by Gasteiger charge is -2.23. The quantitative estimate of drug-likeness (QED) is 0.766. The van der Waals surface area contributed by atoms with Crippen LogP contribution in [0.2, 0.25) is 0 Å². The van der Waals surface area contributed by atoms with Crippen molar-refractivity contribution in [1.29, 1.82) is 0 Å². The van der Waals surface area contributed by atoms with E-state index in [2.05, 4.69) is 22.4 Å². The van der Waals surface area contributed by atoms with Crippen LogP contribution in [0.4, 0.5) is 0 Å². The molecule has 1 unspecified atom stereocenters. The summed E-state index contributed by atoms with van der Waals surface area (Å²) in [5, 5.41) is 3.64. The van der Waals surface area contributed by atoms with Crippen molar-refractivity contribution in [3.8, 4) is 0 Å². The summed E-state index contributed by atoms with van der Waals surface area (Å²) in [4.78, 5) is 4.09. The van der Waals surface area contributed by atoms with Gasteiger partial charge in [-0.2, -0.15) is 0 Å². The lowest BCUT2D eigenvalue weighted by Crippen LogP contribution is -2.34. The molecule has 3 rings (SSSR count). The summed E-state index contributed by atoms with van der Waals surface area (Å²) in [5.74, 6) is 0. The van der Waals surface area contributed by atoms with Crippen LogP contribution in [0.1, 0.15) is 31.2 Å². The first-order chi connectivity index (χ1) is 6.92. The Balaban J connectivity index is 1.89. The smallest absolute Gasteiger partial charge is 0.0270 e. The first-order valence-electron chi connectivity index (χ1n) is 5.56. The minimum Gasteiger partial charge on any atom is -0.313 e. The van der Waals surface area contributed by atoms with E-state index in [1.165, 1.54) is 37.8 Å². The topological polar surface area (TPSA) is 24.9 Å². The lowest BCUT2D eigenvalue weighted by atomic mass is 9.88. The second-order valence-corrected chi connectivity index (χ2v) is 4.54. The molecule has 2 aliphatic rings. The van der Waals surface area contributed by atoms with Crippen LogP contribution in [0.5, 0.6) is 0 Å². The molecule has 1 saturated carbocycles. The standard InChI is InChI=1S/C12H16N2/c1-2-11(14-7-1)12(5-6-12)10-3-8-13-9-4-10/h3-4,8-9,11,14H,1-2,5-7H2. The summed E-state index contributed by atoms with van der Waals surface area (Å²) in [6.07, 6.45) is 9.25. The number of aromatic nitrogens is 1. The van der Waals surface area contributed by atoms with E-state index in [9.17, 15) is 0 Å². The molecule has 1 aromatic heterocycles. The number of pyridine rings is 1. The molecule has 1 aliphatic heterocycles. The zero-order chi connectivity index (χ0) is 9.43. The number of nitrogens with zero attached hydrogens (tertiary/aromatic N) is 1. The van der Waals surface area contributed by atoms with Crippen molar-refractivity contribution in [3.63, 3.8) is 0 Å². The maximum absolute atomic E-state index is 4.09. The Bertz CT molecular complexity index is 310. The van der Waals surface area contributed by atoms with Crippen LogP contribution in [0.25, 0.3) is 0 Å². The fraction of sp³-hybridized carbons (Fsp3) is 0.583. The van der Waals surface area contributed by atoms with Gasteiger partial charge in [0.25, 0.3) is 0 Å². The molecule has 2 fully saturated rings. The molecule has 0 amide bonds. The highest BCUT2D eigenvalue weighted by atomic mass is 15.0. The maximum Gasteiger partial charge on any atom is 0.0270 e. The first-order valence-corrected chi connectivity index (χ1v) is 5.56. The molecule has 1 N–H and O–H groups in total. The number of nitrogens with one attached hydrogen (secondary N) is 1. The number of hydrogen-bond acceptors (Lipinski definition) is 2. The van der Waals surface area contributed by atoms with Crippen LogP contribution < -0.4 is 5.32 Å². The van der Waals surface area contributed by atoms with E-state index in [1.807, 2.05) is 12.4 Å². The summed E-state index contributed by atoms with van der Waals surface area (Å²) in [7, 11) is 0. The van der Waals surface area contributed by atoms with Gasteiger partial charge in [0, 0.05) is 23.9 Å². The molecule has 2 heteroatoms. The summed E-state index contributed by atoms with van der Waals surface area (Å²) in [5.41, 5.74) is 1.96. The zero-order valence-corrected chi connectivity index (χ0v) is 8.37. The van der Waals surface area contributed by atoms with Crippen molar-refractivity contribution in [2.45, 2.75) is 37.1 Å². The highest BCUT2D eigenvalue weighted by Gasteiger charge is 2.50. The lowest BCUT2D eigenvalue weighted by molar-refractivity contribution is 0.472. The number of rotatable bonds is 2. The Morgan fingerprint density at radius 2 is 2.07 bits per heavy atom. The molecule has 74 valence electrons. The van der Waals surface area contributed by atoms with Crippen molar-refractivity contribution in [2.75, 3.05) is 6.54 Å². The van der Waals surface area contributed by atoms with Gasteiger partial charge in [-0.25, -0.2) is 0 Å². The molecule has 0 radical (unpaired) electrons. The average molecular weight is 188 g/mol. The van der Waals surface area contributed by atoms with E-state index in [0.717, 1.165) is 6.04 Å². The van der Waals surface area contributed by atoms with Crippen molar-refractivity contribution >= 4 is 0 Å². The third-order valence-electron chi connectivity index (χ3n) is 3.77. The first kappa shape index (κ1) is 8.42. The van der Waals surface area contributed by atoms with Gasteiger partial charge >= 0.3 is 0 Å². The number of hydrogen-bond donors (Lipinski definition) is 1. The van der Waals surface area contributed by atoms with Crippen LogP contribution in [-0.2, 0) is 5.41 Å².